The van der Waals surface area contributed by atoms with Crippen molar-refractivity contribution in [3.8, 4) is 0 Å². The van der Waals surface area contributed by atoms with Crippen LogP contribution in [0.1, 0.15) is 33.6 Å². The zero-order chi connectivity index (χ0) is 24.3. The van der Waals surface area contributed by atoms with Crippen LogP contribution in [0.3, 0.4) is 0 Å². The number of nitrogens with two attached hydrogens (primary N) is 2. The van der Waals surface area contributed by atoms with Gasteiger partial charge < -0.3 is 26.6 Å². The molecular weight excluding hydrogens is 406 g/mol. The number of allylic oxidation sites excluding steroid dienone is 7. The minimum atomic E-state index is -0.401. The maximum absolute atomic E-state index is 12.9. The highest BCUT2D eigenvalue weighted by molar-refractivity contribution is 5.99. The normalized spacial score (nSPS) is 15.6. The minimum absolute atomic E-state index is 0.0427. The lowest BCUT2D eigenvalue weighted by Gasteiger charge is -2.34. The van der Waals surface area contributed by atoms with E-state index in [1.54, 1.807) is 29.0 Å². The molecule has 0 atom stereocenters. The molecule has 174 valence electrons. The number of nitrogens with zero attached hydrogens (tertiary/aromatic N) is 2. The number of hydrogen-bond donors (Lipinski definition) is 3. The van der Waals surface area contributed by atoms with Crippen molar-refractivity contribution in [3.63, 3.8) is 0 Å². The molecular formula is C24H35N5O3. The van der Waals surface area contributed by atoms with E-state index in [0.29, 0.717) is 42.5 Å². The van der Waals surface area contributed by atoms with Gasteiger partial charge in [-0.25, -0.2) is 0 Å². The molecule has 1 rings (SSSR count). The van der Waals surface area contributed by atoms with Gasteiger partial charge in [0.1, 0.15) is 17.8 Å². The first kappa shape index (κ1) is 26.5. The lowest BCUT2D eigenvalue weighted by Crippen LogP contribution is -2.46. The third-order valence-electron chi connectivity index (χ3n) is 4.97. The van der Waals surface area contributed by atoms with Gasteiger partial charge in [-0.15, -0.1) is 0 Å². The monoisotopic (exact) mass is 441 g/mol. The Morgan fingerprint density at radius 2 is 1.94 bits per heavy atom. The first-order valence-corrected chi connectivity index (χ1v) is 10.5. The lowest BCUT2D eigenvalue weighted by molar-refractivity contribution is -0.130. The van der Waals surface area contributed by atoms with E-state index < -0.39 is 5.91 Å². The van der Waals surface area contributed by atoms with Crippen molar-refractivity contribution >= 4 is 18.1 Å². The number of carbonyl (C=O) groups is 3. The summed E-state index contributed by atoms with van der Waals surface area (Å²) in [6, 6.07) is -0.0427. The Bertz CT molecular complexity index is 878. The van der Waals surface area contributed by atoms with Crippen LogP contribution in [0.4, 0.5) is 0 Å². The standard InChI is InChI=1S/C24H35N5O3/c1-6-7-8-10-18(4)20(25)12-13-21(26)27-22(31)15-29-14-9-11-19(16-30)23(29)24(32)28(5)17(2)3/h6-8,10,12-13,16-17H,4,9,11,14-15,25-26H2,1-3,5H3,(H,27,31)/b7-6-,10-8-,20-12-,21-13+. The maximum Gasteiger partial charge on any atom is 0.270 e. The summed E-state index contributed by atoms with van der Waals surface area (Å²) < 4.78 is 0. The van der Waals surface area contributed by atoms with Gasteiger partial charge in [0.05, 0.1) is 6.54 Å². The van der Waals surface area contributed by atoms with E-state index in [1.165, 1.54) is 6.08 Å². The predicted molar refractivity (Wildman–Crippen MR) is 128 cm³/mol. The van der Waals surface area contributed by atoms with Crippen LogP contribution in [-0.2, 0) is 14.4 Å². The second-order valence-electron chi connectivity index (χ2n) is 7.73. The molecule has 0 saturated heterocycles. The summed E-state index contributed by atoms with van der Waals surface area (Å²) in [6.45, 7) is 9.92. The highest BCUT2D eigenvalue weighted by Crippen LogP contribution is 2.23. The molecule has 0 unspecified atom stereocenters. The van der Waals surface area contributed by atoms with Crippen LogP contribution in [0.2, 0.25) is 0 Å². The smallest absolute Gasteiger partial charge is 0.270 e. The molecule has 1 heterocycles. The topological polar surface area (TPSA) is 122 Å². The molecule has 8 heteroatoms. The average molecular weight is 442 g/mol. The number of nitrogens with one attached hydrogen (secondary N) is 1. The van der Waals surface area contributed by atoms with Gasteiger partial charge in [-0.3, -0.25) is 14.4 Å². The molecule has 0 aromatic rings. The molecule has 0 saturated carbocycles. The zero-order valence-corrected chi connectivity index (χ0v) is 19.4. The molecule has 0 radical (unpaired) electrons. The summed E-state index contributed by atoms with van der Waals surface area (Å²) in [6.07, 6.45) is 12.2. The summed E-state index contributed by atoms with van der Waals surface area (Å²) in [4.78, 5) is 40.2. The van der Waals surface area contributed by atoms with E-state index in [1.807, 2.05) is 39.0 Å². The summed E-state index contributed by atoms with van der Waals surface area (Å²) in [7, 11) is 1.67. The summed E-state index contributed by atoms with van der Waals surface area (Å²) in [5.74, 6) is -0.576. The highest BCUT2D eigenvalue weighted by atomic mass is 16.2. The molecule has 0 fully saturated rings. The molecule has 0 aromatic heterocycles. The van der Waals surface area contributed by atoms with Gasteiger partial charge in [0.15, 0.2) is 0 Å². The summed E-state index contributed by atoms with van der Waals surface area (Å²) in [5.41, 5.74) is 13.5. The van der Waals surface area contributed by atoms with E-state index in [-0.39, 0.29) is 30.0 Å². The van der Waals surface area contributed by atoms with Crippen LogP contribution in [0, 0.1) is 0 Å². The number of likely N-dealkylation sites (N-methyl/N-ethyl adjacent to an activating group) is 1. The second-order valence-corrected chi connectivity index (χ2v) is 7.73. The average Bonchev–Trinajstić information content (AvgIpc) is 2.75. The number of aldehydes is 1. The SMILES string of the molecule is C=C(/C=C\C=C/C)/C(N)=C/C=C(\N)NC(=O)CN1CCCC(C=O)=C1C(=O)N(C)C(C)C. The lowest BCUT2D eigenvalue weighted by atomic mass is 10.0. The molecule has 0 spiro atoms. The fourth-order valence-electron chi connectivity index (χ4n) is 2.92. The van der Waals surface area contributed by atoms with Gasteiger partial charge in [0, 0.05) is 30.9 Å². The summed E-state index contributed by atoms with van der Waals surface area (Å²) >= 11 is 0. The van der Waals surface area contributed by atoms with Crippen molar-refractivity contribution < 1.29 is 14.4 Å². The Balaban J connectivity index is 2.90. The van der Waals surface area contributed by atoms with E-state index in [4.69, 9.17) is 11.5 Å². The molecule has 1 aliphatic rings. The molecule has 5 N–H and O–H groups in total. The van der Waals surface area contributed by atoms with Crippen molar-refractivity contribution in [3.05, 3.63) is 71.4 Å². The van der Waals surface area contributed by atoms with Crippen LogP contribution in [0.5, 0.6) is 0 Å². The number of amides is 2. The third-order valence-corrected chi connectivity index (χ3v) is 4.97. The first-order chi connectivity index (χ1) is 15.1. The molecule has 8 nitrogen and oxygen atoms in total. The van der Waals surface area contributed by atoms with Gasteiger partial charge in [-0.1, -0.05) is 30.9 Å². The second kappa shape index (κ2) is 13.0. The van der Waals surface area contributed by atoms with Gasteiger partial charge in [0.2, 0.25) is 5.91 Å². The third kappa shape index (κ3) is 7.94. The van der Waals surface area contributed by atoms with Gasteiger partial charge in [-0.05, 0) is 51.3 Å². The van der Waals surface area contributed by atoms with Crippen molar-refractivity contribution in [2.75, 3.05) is 20.1 Å². The van der Waals surface area contributed by atoms with Crippen molar-refractivity contribution in [1.82, 2.24) is 15.1 Å². The van der Waals surface area contributed by atoms with Crippen molar-refractivity contribution in [2.24, 2.45) is 11.5 Å². The molecule has 0 aliphatic carbocycles. The first-order valence-electron chi connectivity index (χ1n) is 10.5. The van der Waals surface area contributed by atoms with Crippen LogP contribution in [-0.4, -0.2) is 54.1 Å². The highest BCUT2D eigenvalue weighted by Gasteiger charge is 2.29. The molecule has 32 heavy (non-hydrogen) atoms. The molecule has 1 aliphatic heterocycles. The number of rotatable bonds is 10. The Kier molecular flexibility index (Phi) is 10.8. The van der Waals surface area contributed by atoms with Crippen LogP contribution < -0.4 is 16.8 Å². The Morgan fingerprint density at radius 3 is 2.53 bits per heavy atom. The minimum Gasteiger partial charge on any atom is -0.398 e. The van der Waals surface area contributed by atoms with Crippen molar-refractivity contribution in [1.29, 1.82) is 0 Å². The van der Waals surface area contributed by atoms with Gasteiger partial charge >= 0.3 is 0 Å². The van der Waals surface area contributed by atoms with Crippen LogP contribution >= 0.6 is 0 Å². The van der Waals surface area contributed by atoms with Gasteiger partial charge in [-0.2, -0.15) is 0 Å². The van der Waals surface area contributed by atoms with E-state index in [9.17, 15) is 14.4 Å². The molecule has 0 bridgehead atoms. The maximum atomic E-state index is 12.9. The Hall–Kier alpha value is -3.55. The number of hydrogen-bond acceptors (Lipinski definition) is 6. The Morgan fingerprint density at radius 1 is 1.25 bits per heavy atom. The van der Waals surface area contributed by atoms with Crippen LogP contribution in [0.15, 0.2) is 71.4 Å². The van der Waals surface area contributed by atoms with Crippen molar-refractivity contribution in [2.45, 2.75) is 39.7 Å². The quantitative estimate of drug-likeness (QED) is 0.351. The number of carbonyl (C=O) groups excluding carboxylic acids is 3. The molecule has 2 amide bonds. The fourth-order valence-corrected chi connectivity index (χ4v) is 2.92. The molecule has 0 aromatic carbocycles. The van der Waals surface area contributed by atoms with Gasteiger partial charge in [0.25, 0.3) is 5.91 Å². The van der Waals surface area contributed by atoms with E-state index in [2.05, 4.69) is 11.9 Å². The predicted octanol–water partition coefficient (Wildman–Crippen LogP) is 1.85. The zero-order valence-electron chi connectivity index (χ0n) is 19.4. The summed E-state index contributed by atoms with van der Waals surface area (Å²) in [5, 5.41) is 2.58. The largest absolute Gasteiger partial charge is 0.398 e. The van der Waals surface area contributed by atoms with E-state index >= 15 is 0 Å². The van der Waals surface area contributed by atoms with Crippen LogP contribution in [0.25, 0.3) is 0 Å². The Labute approximate surface area is 190 Å². The fraction of sp³-hybridized carbons (Fsp3) is 0.375. The van der Waals surface area contributed by atoms with E-state index in [0.717, 1.165) is 0 Å².